The van der Waals surface area contributed by atoms with E-state index in [9.17, 15) is 4.79 Å². The Morgan fingerprint density at radius 3 is 2.54 bits per heavy atom. The largest absolute Gasteiger partial charge is 0.368 e. The first-order valence-corrected chi connectivity index (χ1v) is 12.2. The monoisotopic (exact) mass is 478 g/mol. The van der Waals surface area contributed by atoms with Crippen molar-refractivity contribution in [3.8, 4) is 0 Å². The number of piperazine rings is 1. The van der Waals surface area contributed by atoms with E-state index < -0.39 is 0 Å². The molecule has 9 nitrogen and oxygen atoms in total. The van der Waals surface area contributed by atoms with Crippen molar-refractivity contribution in [2.45, 2.75) is 65.5 Å². The first-order valence-electron chi connectivity index (χ1n) is 12.2. The molecule has 1 fully saturated rings. The molecule has 1 aliphatic heterocycles. The Labute approximate surface area is 207 Å². The fourth-order valence-electron chi connectivity index (χ4n) is 4.83. The lowest BCUT2D eigenvalue weighted by Gasteiger charge is -2.49. The van der Waals surface area contributed by atoms with Gasteiger partial charge in [-0.2, -0.15) is 9.97 Å². The molecule has 1 atom stereocenters. The molecule has 0 spiro atoms. The lowest BCUT2D eigenvalue weighted by Crippen LogP contribution is -2.64. The highest BCUT2D eigenvalue weighted by Crippen LogP contribution is 2.32. The van der Waals surface area contributed by atoms with Gasteiger partial charge in [0, 0.05) is 37.9 Å². The van der Waals surface area contributed by atoms with Gasteiger partial charge in [0.15, 0.2) is 11.5 Å². The van der Waals surface area contributed by atoms with Crippen LogP contribution in [0.1, 0.15) is 52.7 Å². The zero-order valence-electron chi connectivity index (χ0n) is 22.2. The zero-order valence-corrected chi connectivity index (χ0v) is 22.2. The van der Waals surface area contributed by atoms with Gasteiger partial charge in [0.05, 0.1) is 12.4 Å². The summed E-state index contributed by atoms with van der Waals surface area (Å²) in [7, 11) is 1.95. The van der Waals surface area contributed by atoms with Crippen LogP contribution in [0, 0.1) is 6.92 Å². The molecule has 3 heterocycles. The third-order valence-corrected chi connectivity index (χ3v) is 7.04. The summed E-state index contributed by atoms with van der Waals surface area (Å²) in [6.07, 6.45) is 1.77. The van der Waals surface area contributed by atoms with Crippen molar-refractivity contribution >= 4 is 34.5 Å². The number of carbonyl (C=O) groups excluding carboxylic acids is 1. The Hall–Kier alpha value is -3.20. The van der Waals surface area contributed by atoms with Crippen molar-refractivity contribution in [2.75, 3.05) is 29.9 Å². The normalized spacial score (nSPS) is 17.5. The van der Waals surface area contributed by atoms with Gasteiger partial charge in [0.1, 0.15) is 5.52 Å². The van der Waals surface area contributed by atoms with Crippen molar-refractivity contribution in [2.24, 2.45) is 12.8 Å². The number of anilines is 3. The maximum atomic E-state index is 11.8. The Morgan fingerprint density at radius 1 is 1.20 bits per heavy atom. The molecule has 3 aromatic rings. The molecular weight excluding hydrogens is 440 g/mol. The van der Waals surface area contributed by atoms with E-state index in [0.29, 0.717) is 31.2 Å². The fraction of sp³-hybridized carbons (Fsp3) is 0.538. The van der Waals surface area contributed by atoms with Crippen molar-refractivity contribution in [1.82, 2.24) is 24.4 Å². The number of aromatic nitrogens is 4. The molecular formula is C26H38N8O. The molecule has 3 N–H and O–H groups in total. The summed E-state index contributed by atoms with van der Waals surface area (Å²) < 4.78 is 1.95. The van der Waals surface area contributed by atoms with E-state index in [0.717, 1.165) is 22.6 Å². The number of rotatable bonds is 5. The van der Waals surface area contributed by atoms with Crippen LogP contribution in [0.4, 0.5) is 17.5 Å². The molecule has 0 radical (unpaired) electrons. The third-order valence-electron chi connectivity index (χ3n) is 7.04. The SMILES string of the molecule is Cc1ccc(C(C)(C)C)cc1Nc1nc(N2CCN(C(C)C(N)=O)C(C)(C)C2)nc2ncn(C)c12. The minimum atomic E-state index is -0.332. The van der Waals surface area contributed by atoms with Gasteiger partial charge in [-0.3, -0.25) is 9.69 Å². The Morgan fingerprint density at radius 2 is 1.91 bits per heavy atom. The van der Waals surface area contributed by atoms with Crippen molar-refractivity contribution in [1.29, 1.82) is 0 Å². The summed E-state index contributed by atoms with van der Waals surface area (Å²) in [5, 5.41) is 3.59. The van der Waals surface area contributed by atoms with Crippen molar-refractivity contribution < 1.29 is 4.79 Å². The number of aryl methyl sites for hydroxylation is 2. The number of nitrogens with two attached hydrogens (primary N) is 1. The van der Waals surface area contributed by atoms with Crippen molar-refractivity contribution in [3.63, 3.8) is 0 Å². The fourth-order valence-corrected chi connectivity index (χ4v) is 4.83. The topological polar surface area (TPSA) is 105 Å². The minimum absolute atomic E-state index is 0.0378. The molecule has 1 amide bonds. The highest BCUT2D eigenvalue weighted by Gasteiger charge is 2.39. The maximum Gasteiger partial charge on any atom is 0.234 e. The van der Waals surface area contributed by atoms with Crippen LogP contribution < -0.4 is 16.0 Å². The quantitative estimate of drug-likeness (QED) is 0.578. The number of imidazole rings is 1. The van der Waals surface area contributed by atoms with Crippen LogP contribution >= 0.6 is 0 Å². The highest BCUT2D eigenvalue weighted by atomic mass is 16.1. The predicted octanol–water partition coefficient (Wildman–Crippen LogP) is 3.49. The number of hydrogen-bond acceptors (Lipinski definition) is 7. The molecule has 188 valence electrons. The van der Waals surface area contributed by atoms with Crippen molar-refractivity contribution in [3.05, 3.63) is 35.7 Å². The number of carbonyl (C=O) groups is 1. The van der Waals surface area contributed by atoms with Crippen LogP contribution in [-0.2, 0) is 17.3 Å². The van der Waals surface area contributed by atoms with E-state index >= 15 is 0 Å². The van der Waals surface area contributed by atoms with Gasteiger partial charge >= 0.3 is 0 Å². The predicted molar refractivity (Wildman–Crippen MR) is 141 cm³/mol. The van der Waals surface area contributed by atoms with Crippen LogP contribution in [0.25, 0.3) is 11.2 Å². The molecule has 2 aromatic heterocycles. The van der Waals surface area contributed by atoms with E-state index in [1.807, 2.05) is 18.5 Å². The summed E-state index contributed by atoms with van der Waals surface area (Å²) in [6.45, 7) is 16.9. The molecule has 35 heavy (non-hydrogen) atoms. The number of benzene rings is 1. The van der Waals surface area contributed by atoms with Crippen LogP contribution in [0.2, 0.25) is 0 Å². The second-order valence-corrected chi connectivity index (χ2v) is 11.3. The molecule has 1 unspecified atom stereocenters. The number of nitrogens with zero attached hydrogens (tertiary/aromatic N) is 6. The zero-order chi connectivity index (χ0) is 25.7. The average molecular weight is 479 g/mol. The molecule has 0 aliphatic carbocycles. The molecule has 1 aliphatic rings. The number of fused-ring (bicyclic) bond motifs is 1. The smallest absolute Gasteiger partial charge is 0.234 e. The Balaban J connectivity index is 1.71. The summed E-state index contributed by atoms with van der Waals surface area (Å²) in [5.41, 5.74) is 10.3. The summed E-state index contributed by atoms with van der Waals surface area (Å²) >= 11 is 0. The second kappa shape index (κ2) is 8.78. The van der Waals surface area contributed by atoms with Crippen LogP contribution in [0.3, 0.4) is 0 Å². The molecule has 0 bridgehead atoms. The number of hydrogen-bond donors (Lipinski definition) is 2. The minimum Gasteiger partial charge on any atom is -0.368 e. The number of primary amides is 1. The lowest BCUT2D eigenvalue weighted by molar-refractivity contribution is -0.125. The standard InChI is InChI=1S/C26H38N8O/c1-16-9-10-18(25(3,4)5)13-19(16)29-23-20-22(28-15-32(20)8)30-24(31-23)33-11-12-34(17(2)21(27)35)26(6,7)14-33/h9-10,13,15,17H,11-12,14H2,1-8H3,(H2,27,35)(H,29,30,31). The van der Waals surface area contributed by atoms with Crippen LogP contribution in [-0.4, -0.2) is 61.5 Å². The van der Waals surface area contributed by atoms with Crippen LogP contribution in [0.15, 0.2) is 24.5 Å². The molecule has 1 aromatic carbocycles. The van der Waals surface area contributed by atoms with Gasteiger partial charge in [-0.25, -0.2) is 4.98 Å². The second-order valence-electron chi connectivity index (χ2n) is 11.3. The van der Waals surface area contributed by atoms with E-state index in [1.54, 1.807) is 6.33 Å². The Bertz CT molecular complexity index is 1260. The third kappa shape index (κ3) is 4.82. The molecule has 1 saturated heterocycles. The van der Waals surface area contributed by atoms with E-state index in [2.05, 4.69) is 79.8 Å². The highest BCUT2D eigenvalue weighted by molar-refractivity contribution is 5.87. The van der Waals surface area contributed by atoms with Gasteiger partial charge in [-0.15, -0.1) is 0 Å². The number of nitrogens with one attached hydrogen (secondary N) is 1. The van der Waals surface area contributed by atoms with Gasteiger partial charge in [-0.05, 0) is 50.3 Å². The molecule has 0 saturated carbocycles. The number of amides is 1. The van der Waals surface area contributed by atoms with E-state index in [-0.39, 0.29) is 22.9 Å². The first kappa shape index (κ1) is 24.9. The Kier molecular flexibility index (Phi) is 6.25. The molecule has 4 rings (SSSR count). The van der Waals surface area contributed by atoms with Crippen LogP contribution in [0.5, 0.6) is 0 Å². The summed E-state index contributed by atoms with van der Waals surface area (Å²) in [5.74, 6) is 1.05. The maximum absolute atomic E-state index is 11.8. The van der Waals surface area contributed by atoms with Gasteiger partial charge in [-0.1, -0.05) is 32.9 Å². The van der Waals surface area contributed by atoms with Gasteiger partial charge in [0.2, 0.25) is 11.9 Å². The van der Waals surface area contributed by atoms with E-state index in [1.165, 1.54) is 5.56 Å². The lowest BCUT2D eigenvalue weighted by atomic mass is 9.86. The molecule has 9 heteroatoms. The average Bonchev–Trinajstić information content (AvgIpc) is 3.14. The van der Waals surface area contributed by atoms with E-state index in [4.69, 9.17) is 15.7 Å². The van der Waals surface area contributed by atoms with Gasteiger partial charge < -0.3 is 20.5 Å². The van der Waals surface area contributed by atoms with Gasteiger partial charge in [0.25, 0.3) is 0 Å². The summed E-state index contributed by atoms with van der Waals surface area (Å²) in [6, 6.07) is 6.20. The first-order chi connectivity index (χ1) is 16.3. The summed E-state index contributed by atoms with van der Waals surface area (Å²) in [4.78, 5) is 30.5.